The van der Waals surface area contributed by atoms with Gasteiger partial charge in [0.15, 0.2) is 0 Å². The molecule has 6 heteroatoms. The molecule has 6 nitrogen and oxygen atoms in total. The molecule has 1 amide bonds. The molecule has 1 unspecified atom stereocenters. The van der Waals surface area contributed by atoms with E-state index in [2.05, 4.69) is 16.5 Å². The highest BCUT2D eigenvalue weighted by molar-refractivity contribution is 5.92. The van der Waals surface area contributed by atoms with Crippen molar-refractivity contribution in [3.05, 3.63) is 30.7 Å². The molecule has 2 heterocycles. The van der Waals surface area contributed by atoms with Crippen LogP contribution in [-0.4, -0.2) is 58.2 Å². The molecule has 1 atom stereocenters. The highest BCUT2D eigenvalue weighted by Crippen LogP contribution is 2.25. The van der Waals surface area contributed by atoms with Crippen molar-refractivity contribution in [2.75, 3.05) is 31.6 Å². The number of carbonyl (C=O) groups excluding carboxylic acids is 1. The first-order valence-electron chi connectivity index (χ1n) is 7.06. The van der Waals surface area contributed by atoms with E-state index in [1.165, 1.54) is 4.90 Å². The first kappa shape index (κ1) is 15.4. The quantitative estimate of drug-likeness (QED) is 0.832. The molecule has 0 aromatic carbocycles. The summed E-state index contributed by atoms with van der Waals surface area (Å²) in [6, 6.07) is 0. The lowest BCUT2D eigenvalue weighted by Crippen LogP contribution is -2.55. The molecular formula is C15H22N4O2. The van der Waals surface area contributed by atoms with Gasteiger partial charge in [0.1, 0.15) is 5.82 Å². The molecule has 0 radical (unpaired) electrons. The minimum Gasteiger partial charge on any atom is -0.386 e. The van der Waals surface area contributed by atoms with E-state index in [-0.39, 0.29) is 12.5 Å². The van der Waals surface area contributed by atoms with Gasteiger partial charge in [-0.2, -0.15) is 0 Å². The minimum atomic E-state index is -0.935. The molecule has 1 aromatic rings. The number of piperidine rings is 1. The van der Waals surface area contributed by atoms with Crippen LogP contribution in [-0.2, 0) is 4.79 Å². The van der Waals surface area contributed by atoms with Gasteiger partial charge in [-0.05, 0) is 19.8 Å². The largest absolute Gasteiger partial charge is 0.386 e. The van der Waals surface area contributed by atoms with E-state index < -0.39 is 5.60 Å². The SMILES string of the molecule is C=C(C)C(=O)N(C)CC1(O)CCCN(c2cnccn2)C1. The van der Waals surface area contributed by atoms with Gasteiger partial charge in [0, 0.05) is 38.1 Å². The van der Waals surface area contributed by atoms with Gasteiger partial charge in [0.25, 0.3) is 0 Å². The second-order valence-corrected chi connectivity index (χ2v) is 5.75. The van der Waals surface area contributed by atoms with Crippen LogP contribution in [0.3, 0.4) is 0 Å². The maximum absolute atomic E-state index is 11.9. The number of β-amino-alcohol motifs (C(OH)–C–C–N with tert-alkyl or cyclic N) is 1. The summed E-state index contributed by atoms with van der Waals surface area (Å²) in [6.45, 7) is 6.89. The molecule has 1 fully saturated rings. The number of hydrogen-bond acceptors (Lipinski definition) is 5. The zero-order valence-corrected chi connectivity index (χ0v) is 12.6. The van der Waals surface area contributed by atoms with Crippen LogP contribution in [0.2, 0.25) is 0 Å². The van der Waals surface area contributed by atoms with E-state index in [4.69, 9.17) is 0 Å². The average Bonchev–Trinajstić information content (AvgIpc) is 2.46. The molecule has 114 valence electrons. The number of likely N-dealkylation sites (N-methyl/N-ethyl adjacent to an activating group) is 1. The standard InChI is InChI=1S/C15H22N4O2/c1-12(2)14(20)18(3)10-15(21)5-4-8-19(11-15)13-9-16-6-7-17-13/h6-7,9,21H,1,4-5,8,10-11H2,2-3H3. The monoisotopic (exact) mass is 290 g/mol. The molecule has 0 aliphatic carbocycles. The Morgan fingerprint density at radius 1 is 1.57 bits per heavy atom. The number of aromatic nitrogens is 2. The van der Waals surface area contributed by atoms with Crippen molar-refractivity contribution in [1.29, 1.82) is 0 Å². The third-order valence-corrected chi connectivity index (χ3v) is 3.67. The summed E-state index contributed by atoms with van der Waals surface area (Å²) >= 11 is 0. The predicted molar refractivity (Wildman–Crippen MR) is 80.9 cm³/mol. The van der Waals surface area contributed by atoms with Gasteiger partial charge in [0.2, 0.25) is 5.91 Å². The first-order chi connectivity index (χ1) is 9.91. The zero-order chi connectivity index (χ0) is 15.5. The van der Waals surface area contributed by atoms with E-state index in [9.17, 15) is 9.90 Å². The zero-order valence-electron chi connectivity index (χ0n) is 12.6. The Morgan fingerprint density at radius 3 is 2.95 bits per heavy atom. The van der Waals surface area contributed by atoms with E-state index >= 15 is 0 Å². The minimum absolute atomic E-state index is 0.139. The topological polar surface area (TPSA) is 69.6 Å². The van der Waals surface area contributed by atoms with Crippen molar-refractivity contribution in [3.63, 3.8) is 0 Å². The highest BCUT2D eigenvalue weighted by Gasteiger charge is 2.35. The average molecular weight is 290 g/mol. The first-order valence-corrected chi connectivity index (χ1v) is 7.06. The lowest BCUT2D eigenvalue weighted by atomic mass is 9.92. The van der Waals surface area contributed by atoms with Crippen LogP contribution in [0, 0.1) is 0 Å². The van der Waals surface area contributed by atoms with Crippen LogP contribution in [0.1, 0.15) is 19.8 Å². The number of rotatable bonds is 4. The highest BCUT2D eigenvalue weighted by atomic mass is 16.3. The maximum atomic E-state index is 11.9. The summed E-state index contributed by atoms with van der Waals surface area (Å²) in [7, 11) is 1.69. The van der Waals surface area contributed by atoms with E-state index in [1.807, 2.05) is 4.90 Å². The molecule has 1 aromatic heterocycles. The third-order valence-electron chi connectivity index (χ3n) is 3.67. The van der Waals surface area contributed by atoms with Crippen molar-refractivity contribution >= 4 is 11.7 Å². The van der Waals surface area contributed by atoms with E-state index in [1.54, 1.807) is 32.6 Å². The van der Waals surface area contributed by atoms with Crippen molar-refractivity contribution < 1.29 is 9.90 Å². The molecule has 0 spiro atoms. The summed E-state index contributed by atoms with van der Waals surface area (Å²) in [5, 5.41) is 10.8. The third kappa shape index (κ3) is 3.78. The Balaban J connectivity index is 2.05. The fraction of sp³-hybridized carbons (Fsp3) is 0.533. The Morgan fingerprint density at radius 2 is 2.33 bits per heavy atom. The fourth-order valence-electron chi connectivity index (χ4n) is 2.73. The van der Waals surface area contributed by atoms with Crippen molar-refractivity contribution in [2.45, 2.75) is 25.4 Å². The molecule has 0 saturated carbocycles. The summed E-state index contributed by atoms with van der Waals surface area (Å²) in [5.74, 6) is 0.615. The van der Waals surface area contributed by atoms with E-state index in [0.717, 1.165) is 18.8 Å². The van der Waals surface area contributed by atoms with Crippen LogP contribution in [0.25, 0.3) is 0 Å². The fourth-order valence-corrected chi connectivity index (χ4v) is 2.73. The van der Waals surface area contributed by atoms with Crippen molar-refractivity contribution in [1.82, 2.24) is 14.9 Å². The van der Waals surface area contributed by atoms with Crippen LogP contribution >= 0.6 is 0 Å². The molecule has 21 heavy (non-hydrogen) atoms. The Hall–Kier alpha value is -1.95. The van der Waals surface area contributed by atoms with Crippen LogP contribution in [0.4, 0.5) is 5.82 Å². The van der Waals surface area contributed by atoms with Crippen molar-refractivity contribution in [3.8, 4) is 0 Å². The Kier molecular flexibility index (Phi) is 4.57. The lowest BCUT2D eigenvalue weighted by molar-refractivity contribution is -0.129. The summed E-state index contributed by atoms with van der Waals surface area (Å²) in [6.07, 6.45) is 6.47. The van der Waals surface area contributed by atoms with Gasteiger partial charge < -0.3 is 14.9 Å². The summed E-state index contributed by atoms with van der Waals surface area (Å²) in [5.41, 5.74) is -0.460. The Bertz CT molecular complexity index is 520. The number of aliphatic hydroxyl groups is 1. The molecule has 0 bridgehead atoms. The number of amides is 1. The summed E-state index contributed by atoms with van der Waals surface area (Å²) in [4.78, 5) is 23.8. The smallest absolute Gasteiger partial charge is 0.248 e. The van der Waals surface area contributed by atoms with E-state index in [0.29, 0.717) is 18.5 Å². The van der Waals surface area contributed by atoms with Gasteiger partial charge in [-0.1, -0.05) is 6.58 Å². The number of carbonyl (C=O) groups is 1. The van der Waals surface area contributed by atoms with Crippen LogP contribution < -0.4 is 4.90 Å². The van der Waals surface area contributed by atoms with Gasteiger partial charge in [-0.3, -0.25) is 9.78 Å². The van der Waals surface area contributed by atoms with Gasteiger partial charge in [0.05, 0.1) is 18.3 Å². The molecular weight excluding hydrogens is 268 g/mol. The number of anilines is 1. The van der Waals surface area contributed by atoms with Crippen LogP contribution in [0.15, 0.2) is 30.7 Å². The number of hydrogen-bond donors (Lipinski definition) is 1. The second kappa shape index (κ2) is 6.22. The molecule has 1 aliphatic heterocycles. The van der Waals surface area contributed by atoms with Crippen molar-refractivity contribution in [2.24, 2.45) is 0 Å². The normalized spacial score (nSPS) is 22.0. The molecule has 2 rings (SSSR count). The Labute approximate surface area is 125 Å². The van der Waals surface area contributed by atoms with Gasteiger partial charge >= 0.3 is 0 Å². The van der Waals surface area contributed by atoms with Crippen LogP contribution in [0.5, 0.6) is 0 Å². The molecule has 1 aliphatic rings. The maximum Gasteiger partial charge on any atom is 0.248 e. The van der Waals surface area contributed by atoms with Gasteiger partial charge in [-0.15, -0.1) is 0 Å². The predicted octanol–water partition coefficient (Wildman–Crippen LogP) is 0.842. The molecule has 1 saturated heterocycles. The second-order valence-electron chi connectivity index (χ2n) is 5.75. The van der Waals surface area contributed by atoms with Gasteiger partial charge in [-0.25, -0.2) is 4.98 Å². The summed E-state index contributed by atoms with van der Waals surface area (Å²) < 4.78 is 0. The molecule has 1 N–H and O–H groups in total. The number of nitrogens with zero attached hydrogens (tertiary/aromatic N) is 4. The lowest BCUT2D eigenvalue weighted by Gasteiger charge is -2.41.